The van der Waals surface area contributed by atoms with Gasteiger partial charge in [-0.1, -0.05) is 0 Å². The van der Waals surface area contributed by atoms with Crippen molar-refractivity contribution in [2.45, 2.75) is 32.3 Å². The maximum absolute atomic E-state index is 12.2. The number of carbonyl (C=O) groups is 1. The van der Waals surface area contributed by atoms with E-state index in [1.807, 2.05) is 19.9 Å². The Bertz CT molecular complexity index is 442. The number of amides is 1. The van der Waals surface area contributed by atoms with E-state index in [-0.39, 0.29) is 11.5 Å². The van der Waals surface area contributed by atoms with Gasteiger partial charge in [-0.15, -0.1) is 0 Å². The predicted molar refractivity (Wildman–Crippen MR) is 74.3 cm³/mol. The van der Waals surface area contributed by atoms with Gasteiger partial charge in [-0.3, -0.25) is 9.78 Å². The maximum atomic E-state index is 12.2. The smallest absolute Gasteiger partial charge is 0.255 e. The molecule has 5 nitrogen and oxygen atoms in total. The first-order chi connectivity index (χ1) is 9.14. The van der Waals surface area contributed by atoms with Crippen LogP contribution in [0.2, 0.25) is 0 Å². The summed E-state index contributed by atoms with van der Waals surface area (Å²) in [5.74, 6) is -0.110. The lowest BCUT2D eigenvalue weighted by Gasteiger charge is -2.23. The number of ether oxygens (including phenoxy) is 1. The summed E-state index contributed by atoms with van der Waals surface area (Å²) >= 11 is 0. The summed E-state index contributed by atoms with van der Waals surface area (Å²) in [7, 11) is 0. The molecule has 1 unspecified atom stereocenters. The van der Waals surface area contributed by atoms with Gasteiger partial charge in [0.15, 0.2) is 0 Å². The molecular formula is C14H21N3O2. The zero-order valence-corrected chi connectivity index (χ0v) is 11.5. The normalized spacial score (nSPS) is 22.2. The molecule has 0 saturated carbocycles. The number of anilines is 1. The second kappa shape index (κ2) is 6.02. The molecule has 2 rings (SSSR count). The van der Waals surface area contributed by atoms with Crippen molar-refractivity contribution >= 4 is 11.6 Å². The topological polar surface area (TPSA) is 63.2 Å². The van der Waals surface area contributed by atoms with E-state index in [0.717, 1.165) is 31.7 Å². The summed E-state index contributed by atoms with van der Waals surface area (Å²) in [5.41, 5.74) is 1.16. The van der Waals surface area contributed by atoms with Gasteiger partial charge in [-0.25, -0.2) is 0 Å². The molecule has 1 amide bonds. The molecule has 2 N–H and O–H groups in total. The highest BCUT2D eigenvalue weighted by Gasteiger charge is 2.30. The zero-order chi connectivity index (χ0) is 13.7. The van der Waals surface area contributed by atoms with E-state index in [1.165, 1.54) is 0 Å². The van der Waals surface area contributed by atoms with Crippen LogP contribution in [-0.2, 0) is 4.74 Å². The molecule has 19 heavy (non-hydrogen) atoms. The van der Waals surface area contributed by atoms with Crippen LogP contribution < -0.4 is 10.6 Å². The maximum Gasteiger partial charge on any atom is 0.255 e. The number of hydrogen-bond acceptors (Lipinski definition) is 4. The lowest BCUT2D eigenvalue weighted by atomic mass is 10.0. The van der Waals surface area contributed by atoms with E-state index in [0.29, 0.717) is 12.1 Å². The van der Waals surface area contributed by atoms with Crippen molar-refractivity contribution in [3.63, 3.8) is 0 Å². The van der Waals surface area contributed by atoms with E-state index < -0.39 is 0 Å². The van der Waals surface area contributed by atoms with Crippen molar-refractivity contribution in [2.24, 2.45) is 0 Å². The molecule has 1 fully saturated rings. The van der Waals surface area contributed by atoms with Gasteiger partial charge in [0, 0.05) is 32.1 Å². The third-order valence-electron chi connectivity index (χ3n) is 3.36. The molecule has 1 aromatic heterocycles. The third kappa shape index (κ3) is 3.44. The highest BCUT2D eigenvalue weighted by molar-refractivity contribution is 5.99. The van der Waals surface area contributed by atoms with E-state index in [4.69, 9.17) is 4.74 Å². The number of pyridine rings is 1. The van der Waals surface area contributed by atoms with Crippen molar-refractivity contribution in [3.8, 4) is 0 Å². The van der Waals surface area contributed by atoms with Gasteiger partial charge in [-0.2, -0.15) is 0 Å². The molecule has 0 spiro atoms. The van der Waals surface area contributed by atoms with Gasteiger partial charge in [0.1, 0.15) is 0 Å². The second-order valence-electron chi connectivity index (χ2n) is 5.04. The molecule has 1 aliphatic heterocycles. The number of rotatable bonds is 5. The second-order valence-corrected chi connectivity index (χ2v) is 5.04. The average Bonchev–Trinajstić information content (AvgIpc) is 2.85. The zero-order valence-electron chi connectivity index (χ0n) is 11.5. The number of nitrogens with zero attached hydrogens (tertiary/aromatic N) is 1. The van der Waals surface area contributed by atoms with Crippen LogP contribution in [0.3, 0.4) is 0 Å². The quantitative estimate of drug-likeness (QED) is 0.850. The summed E-state index contributed by atoms with van der Waals surface area (Å²) in [6.45, 7) is 6.11. The van der Waals surface area contributed by atoms with Gasteiger partial charge >= 0.3 is 0 Å². The van der Waals surface area contributed by atoms with Gasteiger partial charge in [0.2, 0.25) is 0 Å². The van der Waals surface area contributed by atoms with Crippen molar-refractivity contribution < 1.29 is 9.53 Å². The standard InChI is InChI=1S/C14H21N3O2/c1-3-16-12-5-7-15-9-11(12)13(18)17-10-14(2)6-4-8-19-14/h5,7,9H,3-4,6,8,10H2,1-2H3,(H,15,16)(H,17,18). The Balaban J connectivity index is 1.99. The lowest BCUT2D eigenvalue weighted by Crippen LogP contribution is -2.40. The van der Waals surface area contributed by atoms with E-state index >= 15 is 0 Å². The van der Waals surface area contributed by atoms with Crippen molar-refractivity contribution in [1.82, 2.24) is 10.3 Å². The number of hydrogen-bond donors (Lipinski definition) is 2. The highest BCUT2D eigenvalue weighted by Crippen LogP contribution is 2.24. The predicted octanol–water partition coefficient (Wildman–Crippen LogP) is 1.81. The summed E-state index contributed by atoms with van der Waals surface area (Å²) in [4.78, 5) is 16.2. The molecule has 0 aliphatic carbocycles. The lowest BCUT2D eigenvalue weighted by molar-refractivity contribution is 0.0206. The summed E-state index contributed by atoms with van der Waals surface area (Å²) in [6.07, 6.45) is 5.31. The summed E-state index contributed by atoms with van der Waals surface area (Å²) in [5, 5.41) is 6.10. The molecule has 0 aromatic carbocycles. The van der Waals surface area contributed by atoms with E-state index in [9.17, 15) is 4.79 Å². The highest BCUT2D eigenvalue weighted by atomic mass is 16.5. The van der Waals surface area contributed by atoms with Crippen LogP contribution >= 0.6 is 0 Å². The first-order valence-electron chi connectivity index (χ1n) is 6.75. The van der Waals surface area contributed by atoms with Crippen LogP contribution in [-0.4, -0.2) is 36.2 Å². The SMILES string of the molecule is CCNc1ccncc1C(=O)NCC1(C)CCCO1. The molecule has 1 aliphatic rings. The molecule has 0 bridgehead atoms. The fourth-order valence-electron chi connectivity index (χ4n) is 2.26. The summed E-state index contributed by atoms with van der Waals surface area (Å²) in [6, 6.07) is 1.81. The molecule has 104 valence electrons. The molecule has 1 aromatic rings. The third-order valence-corrected chi connectivity index (χ3v) is 3.36. The molecule has 1 saturated heterocycles. The van der Waals surface area contributed by atoms with E-state index in [1.54, 1.807) is 12.4 Å². The first kappa shape index (κ1) is 13.8. The van der Waals surface area contributed by atoms with Gasteiger partial charge in [0.05, 0.1) is 16.9 Å². The van der Waals surface area contributed by atoms with Crippen LogP contribution in [0.15, 0.2) is 18.5 Å². The van der Waals surface area contributed by atoms with Crippen molar-refractivity contribution in [1.29, 1.82) is 0 Å². The van der Waals surface area contributed by atoms with Crippen LogP contribution in [0.5, 0.6) is 0 Å². The molecular weight excluding hydrogens is 242 g/mol. The van der Waals surface area contributed by atoms with Crippen LogP contribution in [0, 0.1) is 0 Å². The van der Waals surface area contributed by atoms with Gasteiger partial charge in [-0.05, 0) is 32.8 Å². The minimum Gasteiger partial charge on any atom is -0.385 e. The Morgan fingerprint density at radius 3 is 3.11 bits per heavy atom. The monoisotopic (exact) mass is 263 g/mol. The van der Waals surface area contributed by atoms with E-state index in [2.05, 4.69) is 15.6 Å². The Morgan fingerprint density at radius 2 is 2.42 bits per heavy atom. The largest absolute Gasteiger partial charge is 0.385 e. The fourth-order valence-corrected chi connectivity index (χ4v) is 2.26. The average molecular weight is 263 g/mol. The minimum absolute atomic E-state index is 0.110. The van der Waals surface area contributed by atoms with Gasteiger partial charge in [0.25, 0.3) is 5.91 Å². The minimum atomic E-state index is -0.226. The van der Waals surface area contributed by atoms with Crippen LogP contribution in [0.1, 0.15) is 37.0 Å². The Morgan fingerprint density at radius 1 is 1.58 bits per heavy atom. The summed E-state index contributed by atoms with van der Waals surface area (Å²) < 4.78 is 5.66. The van der Waals surface area contributed by atoms with Crippen LogP contribution in [0.25, 0.3) is 0 Å². The molecule has 5 heteroatoms. The van der Waals surface area contributed by atoms with Crippen molar-refractivity contribution in [2.75, 3.05) is 25.0 Å². The Hall–Kier alpha value is -1.62. The van der Waals surface area contributed by atoms with Crippen molar-refractivity contribution in [3.05, 3.63) is 24.0 Å². The van der Waals surface area contributed by atoms with Gasteiger partial charge < -0.3 is 15.4 Å². The van der Waals surface area contributed by atoms with Crippen LogP contribution in [0.4, 0.5) is 5.69 Å². The molecule has 2 heterocycles. The number of aromatic nitrogens is 1. The number of carbonyl (C=O) groups excluding carboxylic acids is 1. The first-order valence-corrected chi connectivity index (χ1v) is 6.75. The molecule has 1 atom stereocenters. The Kier molecular flexibility index (Phi) is 4.37. The number of nitrogens with one attached hydrogen (secondary N) is 2. The fraction of sp³-hybridized carbons (Fsp3) is 0.571. The molecule has 0 radical (unpaired) electrons. The Labute approximate surface area is 113 Å².